The Hall–Kier alpha value is -3.43. The number of carbonyl (C=O) groups is 4. The molecule has 4 amide bonds. The number of rotatable bonds is 3. The summed E-state index contributed by atoms with van der Waals surface area (Å²) in [6.07, 6.45) is 8.63. The van der Waals surface area contributed by atoms with Crippen molar-refractivity contribution in [1.82, 2.24) is 15.5 Å². The van der Waals surface area contributed by atoms with E-state index in [0.29, 0.717) is 37.9 Å². The molecule has 1 aromatic carbocycles. The van der Waals surface area contributed by atoms with Gasteiger partial charge in [-0.25, -0.2) is 9.18 Å². The van der Waals surface area contributed by atoms with Crippen molar-refractivity contribution in [2.45, 2.75) is 95.4 Å². The van der Waals surface area contributed by atoms with Crippen LogP contribution in [0, 0.1) is 11.7 Å². The SMILES string of the molecule is CC(C)(C)OC(=O)N[C@H]1CCCCC/C=C\[C@H]2C[C@@]2(C(=O)Nc2ccc(F)cc2)NC(=O)[C@@H]2CCCN2C1=O. The third-order valence-corrected chi connectivity index (χ3v) is 7.43. The number of hydrogen-bond acceptors (Lipinski definition) is 5. The molecule has 0 aromatic heterocycles. The van der Waals surface area contributed by atoms with Gasteiger partial charge in [0.25, 0.3) is 5.91 Å². The van der Waals surface area contributed by atoms with Crippen LogP contribution in [0.3, 0.4) is 0 Å². The number of anilines is 1. The minimum absolute atomic E-state index is 0.181. The number of carbonyl (C=O) groups excluding carboxylic acids is 4. The number of allylic oxidation sites excluding steroid dienone is 1. The average molecular weight is 543 g/mol. The third-order valence-electron chi connectivity index (χ3n) is 7.43. The molecule has 2 fully saturated rings. The van der Waals surface area contributed by atoms with Crippen LogP contribution < -0.4 is 16.0 Å². The standard InChI is InChI=1S/C29H39FN4O5/c1-28(2,3)39-27(38)32-22-11-8-6-4-5-7-10-19-18-29(19,26(37)31-21-15-13-20(30)14-16-21)33-24(35)23-12-9-17-34(23)25(22)36/h7,10,13-16,19,22-23H,4-6,8-9,11-12,17-18H2,1-3H3,(H,31,37)(H,32,38)(H,33,35)/b10-7-/t19-,22-,23-,29+/m0/s1. The summed E-state index contributed by atoms with van der Waals surface area (Å²) in [7, 11) is 0. The molecule has 4 rings (SSSR count). The summed E-state index contributed by atoms with van der Waals surface area (Å²) in [6.45, 7) is 5.66. The maximum absolute atomic E-state index is 13.6. The van der Waals surface area contributed by atoms with Crippen molar-refractivity contribution in [3.8, 4) is 0 Å². The lowest BCUT2D eigenvalue weighted by atomic mass is 10.0. The molecule has 212 valence electrons. The molecular formula is C29H39FN4O5. The van der Waals surface area contributed by atoms with E-state index in [1.807, 2.05) is 12.2 Å². The van der Waals surface area contributed by atoms with Crippen LogP contribution >= 0.6 is 0 Å². The van der Waals surface area contributed by atoms with E-state index in [-0.39, 0.29) is 17.7 Å². The summed E-state index contributed by atoms with van der Waals surface area (Å²) in [5, 5.41) is 8.50. The highest BCUT2D eigenvalue weighted by Crippen LogP contribution is 2.46. The monoisotopic (exact) mass is 542 g/mol. The topological polar surface area (TPSA) is 117 Å². The van der Waals surface area contributed by atoms with Gasteiger partial charge < -0.3 is 25.6 Å². The third kappa shape index (κ3) is 7.16. The van der Waals surface area contributed by atoms with Crippen LogP contribution in [-0.2, 0) is 19.1 Å². The highest BCUT2D eigenvalue weighted by atomic mass is 19.1. The van der Waals surface area contributed by atoms with E-state index < -0.39 is 41.0 Å². The Morgan fingerprint density at radius 2 is 1.82 bits per heavy atom. The fourth-order valence-corrected chi connectivity index (χ4v) is 5.32. The lowest BCUT2D eigenvalue weighted by Gasteiger charge is -2.30. The van der Waals surface area contributed by atoms with E-state index in [0.717, 1.165) is 25.7 Å². The van der Waals surface area contributed by atoms with Gasteiger partial charge >= 0.3 is 6.09 Å². The first-order chi connectivity index (χ1) is 18.5. The van der Waals surface area contributed by atoms with Gasteiger partial charge in [0.1, 0.15) is 29.0 Å². The van der Waals surface area contributed by atoms with Crippen LogP contribution in [0.25, 0.3) is 0 Å². The second-order valence-electron chi connectivity index (χ2n) is 11.7. The van der Waals surface area contributed by atoms with E-state index in [4.69, 9.17) is 4.74 Å². The van der Waals surface area contributed by atoms with Crippen molar-refractivity contribution >= 4 is 29.5 Å². The molecule has 4 atom stereocenters. The van der Waals surface area contributed by atoms with Gasteiger partial charge in [0.15, 0.2) is 0 Å². The Morgan fingerprint density at radius 3 is 2.54 bits per heavy atom. The molecule has 1 aromatic rings. The van der Waals surface area contributed by atoms with Gasteiger partial charge in [0.2, 0.25) is 11.8 Å². The molecule has 0 unspecified atom stereocenters. The van der Waals surface area contributed by atoms with Gasteiger partial charge in [-0.3, -0.25) is 14.4 Å². The molecule has 0 radical (unpaired) electrons. The predicted molar refractivity (Wildman–Crippen MR) is 144 cm³/mol. The first-order valence-corrected chi connectivity index (χ1v) is 13.8. The smallest absolute Gasteiger partial charge is 0.408 e. The number of alkyl carbamates (subject to hydrolysis) is 1. The molecule has 0 spiro atoms. The first-order valence-electron chi connectivity index (χ1n) is 13.8. The van der Waals surface area contributed by atoms with Crippen LogP contribution in [-0.4, -0.2) is 58.5 Å². The van der Waals surface area contributed by atoms with Crippen molar-refractivity contribution in [3.63, 3.8) is 0 Å². The first kappa shape index (κ1) is 28.6. The van der Waals surface area contributed by atoms with E-state index in [2.05, 4.69) is 16.0 Å². The average Bonchev–Trinajstić information content (AvgIpc) is 3.32. The summed E-state index contributed by atoms with van der Waals surface area (Å²) < 4.78 is 18.7. The second-order valence-corrected chi connectivity index (χ2v) is 11.7. The Balaban J connectivity index is 1.54. The van der Waals surface area contributed by atoms with Crippen LogP contribution in [0.15, 0.2) is 36.4 Å². The summed E-state index contributed by atoms with van der Waals surface area (Å²) in [4.78, 5) is 54.7. The van der Waals surface area contributed by atoms with E-state index >= 15 is 0 Å². The summed E-state index contributed by atoms with van der Waals surface area (Å²) in [5.41, 5.74) is -1.42. The van der Waals surface area contributed by atoms with Crippen LogP contribution in [0.5, 0.6) is 0 Å². The Labute approximate surface area is 228 Å². The van der Waals surface area contributed by atoms with E-state index in [1.54, 1.807) is 20.8 Å². The number of hydrogen-bond donors (Lipinski definition) is 3. The maximum atomic E-state index is 13.6. The number of ether oxygens (including phenoxy) is 1. The normalized spacial score (nSPS) is 28.6. The molecule has 2 aliphatic heterocycles. The second kappa shape index (κ2) is 11.8. The number of fused-ring (bicyclic) bond motifs is 2. The van der Waals surface area contributed by atoms with Crippen LogP contribution in [0.4, 0.5) is 14.9 Å². The number of nitrogens with one attached hydrogen (secondary N) is 3. The van der Waals surface area contributed by atoms with Crippen molar-refractivity contribution in [2.75, 3.05) is 11.9 Å². The highest BCUT2D eigenvalue weighted by molar-refractivity contribution is 6.04. The largest absolute Gasteiger partial charge is 0.444 e. The molecule has 1 saturated carbocycles. The van der Waals surface area contributed by atoms with Crippen molar-refractivity contribution in [1.29, 1.82) is 0 Å². The van der Waals surface area contributed by atoms with Gasteiger partial charge in [-0.2, -0.15) is 0 Å². The molecule has 1 aliphatic carbocycles. The fraction of sp³-hybridized carbons (Fsp3) is 0.586. The number of halogens is 1. The van der Waals surface area contributed by atoms with Gasteiger partial charge in [-0.1, -0.05) is 25.0 Å². The molecule has 39 heavy (non-hydrogen) atoms. The number of nitrogens with zero attached hydrogens (tertiary/aromatic N) is 1. The molecule has 0 bridgehead atoms. The molecule has 1 saturated heterocycles. The number of amides is 4. The summed E-state index contributed by atoms with van der Waals surface area (Å²) >= 11 is 0. The predicted octanol–water partition coefficient (Wildman–Crippen LogP) is 4.04. The minimum Gasteiger partial charge on any atom is -0.444 e. The number of benzene rings is 1. The van der Waals surface area contributed by atoms with E-state index in [1.165, 1.54) is 29.2 Å². The molecule has 2 heterocycles. The molecule has 9 nitrogen and oxygen atoms in total. The van der Waals surface area contributed by atoms with Crippen LogP contribution in [0.2, 0.25) is 0 Å². The minimum atomic E-state index is -1.15. The molecule has 3 N–H and O–H groups in total. The Bertz CT molecular complexity index is 1120. The van der Waals surface area contributed by atoms with Crippen molar-refractivity contribution in [2.24, 2.45) is 5.92 Å². The van der Waals surface area contributed by atoms with Crippen molar-refractivity contribution in [3.05, 3.63) is 42.2 Å². The summed E-state index contributed by atoms with van der Waals surface area (Å²) in [5.74, 6) is -1.67. The maximum Gasteiger partial charge on any atom is 0.408 e. The zero-order chi connectivity index (χ0) is 28.2. The lowest BCUT2D eigenvalue weighted by Crippen LogP contribution is -2.57. The quantitative estimate of drug-likeness (QED) is 0.499. The lowest BCUT2D eigenvalue weighted by molar-refractivity contribution is -0.141. The van der Waals surface area contributed by atoms with Gasteiger partial charge in [0.05, 0.1) is 0 Å². The van der Waals surface area contributed by atoms with Gasteiger partial charge in [-0.15, -0.1) is 0 Å². The Morgan fingerprint density at radius 1 is 1.08 bits per heavy atom. The zero-order valence-corrected chi connectivity index (χ0v) is 22.9. The summed E-state index contributed by atoms with van der Waals surface area (Å²) in [6, 6.07) is 3.92. The molecule has 3 aliphatic rings. The van der Waals surface area contributed by atoms with Gasteiger partial charge in [-0.05, 0) is 83.6 Å². The van der Waals surface area contributed by atoms with Gasteiger partial charge in [0, 0.05) is 18.2 Å². The Kier molecular flexibility index (Phi) is 8.61. The fourth-order valence-electron chi connectivity index (χ4n) is 5.32. The van der Waals surface area contributed by atoms with Crippen LogP contribution in [0.1, 0.15) is 72.1 Å². The zero-order valence-electron chi connectivity index (χ0n) is 22.9. The molecular weight excluding hydrogens is 503 g/mol. The molecule has 10 heteroatoms. The van der Waals surface area contributed by atoms with Crippen molar-refractivity contribution < 1.29 is 28.3 Å². The van der Waals surface area contributed by atoms with E-state index in [9.17, 15) is 23.6 Å². The highest BCUT2D eigenvalue weighted by Gasteiger charge is 2.60.